The van der Waals surface area contributed by atoms with Gasteiger partial charge in [0.05, 0.1) is 22.9 Å². The van der Waals surface area contributed by atoms with Crippen molar-refractivity contribution in [2.75, 3.05) is 0 Å². The predicted molar refractivity (Wildman–Crippen MR) is 105 cm³/mol. The monoisotopic (exact) mass is 340 g/mol. The summed E-state index contributed by atoms with van der Waals surface area (Å²) in [6, 6.07) is 10.3. The number of hydrogen-bond acceptors (Lipinski definition) is 3. The van der Waals surface area contributed by atoms with Crippen molar-refractivity contribution in [3.63, 3.8) is 0 Å². The van der Waals surface area contributed by atoms with Gasteiger partial charge in [-0.05, 0) is 75.1 Å². The molecule has 1 aromatic heterocycles. The molecule has 0 atom stereocenters. The van der Waals surface area contributed by atoms with Gasteiger partial charge in [0.2, 0.25) is 0 Å². The van der Waals surface area contributed by atoms with Crippen LogP contribution in [0.3, 0.4) is 0 Å². The van der Waals surface area contributed by atoms with Gasteiger partial charge in [0.15, 0.2) is 0 Å². The van der Waals surface area contributed by atoms with Crippen LogP contribution in [0.25, 0.3) is 10.9 Å². The van der Waals surface area contributed by atoms with Gasteiger partial charge in [0, 0.05) is 5.39 Å². The molecule has 3 rings (SSSR count). The number of benzene rings is 1. The number of hydrogen-bond donors (Lipinski definition) is 1. The molecule has 3 heteroatoms. The zero-order valence-corrected chi connectivity index (χ0v) is 16.3. The van der Waals surface area contributed by atoms with E-state index in [4.69, 9.17) is 15.5 Å². The van der Waals surface area contributed by atoms with E-state index >= 15 is 0 Å². The first-order valence-corrected chi connectivity index (χ1v) is 9.50. The van der Waals surface area contributed by atoms with Crippen LogP contribution in [0.2, 0.25) is 0 Å². The summed E-state index contributed by atoms with van der Waals surface area (Å²) in [6.45, 7) is 11.0. The Morgan fingerprint density at radius 1 is 0.960 bits per heavy atom. The molecule has 0 amide bonds. The predicted octanol–water partition coefficient (Wildman–Crippen LogP) is 5.41. The van der Waals surface area contributed by atoms with Gasteiger partial charge in [0.1, 0.15) is 5.75 Å². The standard InChI is InChI=1S/C22H32N2O/c1-21(2,3)16-7-9-17(10-8-16)25-18-11-12-19-15(14-18)6-13-20(24-19)22(4,5)23/h6,11-14,16-17H,7-10,23H2,1-5H3/t16-,17-. The Morgan fingerprint density at radius 3 is 2.24 bits per heavy atom. The molecule has 0 radical (unpaired) electrons. The average molecular weight is 341 g/mol. The molecule has 0 bridgehead atoms. The molecule has 3 nitrogen and oxygen atoms in total. The number of nitrogens with zero attached hydrogens (tertiary/aromatic N) is 1. The van der Waals surface area contributed by atoms with Gasteiger partial charge >= 0.3 is 0 Å². The van der Waals surface area contributed by atoms with Gasteiger partial charge in [-0.1, -0.05) is 26.8 Å². The molecular weight excluding hydrogens is 308 g/mol. The van der Waals surface area contributed by atoms with Crippen molar-refractivity contribution in [1.82, 2.24) is 4.98 Å². The zero-order valence-electron chi connectivity index (χ0n) is 16.3. The van der Waals surface area contributed by atoms with Gasteiger partial charge < -0.3 is 10.5 Å². The summed E-state index contributed by atoms with van der Waals surface area (Å²) < 4.78 is 6.27. The molecular formula is C22H32N2O. The molecule has 1 aromatic carbocycles. The van der Waals surface area contributed by atoms with E-state index in [1.54, 1.807) is 0 Å². The van der Waals surface area contributed by atoms with E-state index in [1.165, 1.54) is 12.8 Å². The summed E-state index contributed by atoms with van der Waals surface area (Å²) in [5.74, 6) is 1.76. The summed E-state index contributed by atoms with van der Waals surface area (Å²) in [4.78, 5) is 4.69. The van der Waals surface area contributed by atoms with E-state index in [0.29, 0.717) is 11.5 Å². The molecule has 1 fully saturated rings. The second-order valence-electron chi connectivity index (χ2n) is 9.23. The first-order chi connectivity index (χ1) is 11.6. The second-order valence-corrected chi connectivity index (χ2v) is 9.23. The minimum atomic E-state index is -0.422. The maximum absolute atomic E-state index is 6.27. The van der Waals surface area contributed by atoms with Crippen LogP contribution < -0.4 is 10.5 Å². The second kappa shape index (κ2) is 6.60. The van der Waals surface area contributed by atoms with Crippen LogP contribution in [-0.4, -0.2) is 11.1 Å². The van der Waals surface area contributed by atoms with Crippen molar-refractivity contribution in [2.45, 2.75) is 71.9 Å². The fraction of sp³-hybridized carbons (Fsp3) is 0.591. The van der Waals surface area contributed by atoms with Crippen molar-refractivity contribution in [1.29, 1.82) is 0 Å². The summed E-state index contributed by atoms with van der Waals surface area (Å²) in [7, 11) is 0. The van der Waals surface area contributed by atoms with E-state index in [-0.39, 0.29) is 0 Å². The third kappa shape index (κ3) is 4.33. The van der Waals surface area contributed by atoms with Crippen LogP contribution in [0.15, 0.2) is 30.3 Å². The lowest BCUT2D eigenvalue weighted by molar-refractivity contribution is 0.0883. The lowest BCUT2D eigenvalue weighted by atomic mass is 9.72. The van der Waals surface area contributed by atoms with Crippen molar-refractivity contribution < 1.29 is 4.74 Å². The molecule has 2 N–H and O–H groups in total. The smallest absolute Gasteiger partial charge is 0.120 e. The number of aromatic nitrogens is 1. The maximum Gasteiger partial charge on any atom is 0.120 e. The number of pyridine rings is 1. The maximum atomic E-state index is 6.27. The van der Waals surface area contributed by atoms with Crippen molar-refractivity contribution in [3.05, 3.63) is 36.0 Å². The van der Waals surface area contributed by atoms with Crippen LogP contribution in [0.4, 0.5) is 0 Å². The molecule has 0 saturated heterocycles. The third-order valence-corrected chi connectivity index (χ3v) is 5.52. The first-order valence-electron chi connectivity index (χ1n) is 9.50. The van der Waals surface area contributed by atoms with Crippen molar-refractivity contribution in [3.8, 4) is 5.75 Å². The van der Waals surface area contributed by atoms with Crippen LogP contribution in [-0.2, 0) is 5.54 Å². The minimum Gasteiger partial charge on any atom is -0.490 e. The molecule has 1 heterocycles. The SMILES string of the molecule is CC(C)(N)c1ccc2cc(O[C@H]3CC[C@H](C(C)(C)C)CC3)ccc2n1. The van der Waals surface area contributed by atoms with Crippen LogP contribution >= 0.6 is 0 Å². The molecule has 136 valence electrons. The van der Waals surface area contributed by atoms with Crippen molar-refractivity contribution in [2.24, 2.45) is 17.1 Å². The summed E-state index contributed by atoms with van der Waals surface area (Å²) >= 11 is 0. The van der Waals surface area contributed by atoms with Gasteiger partial charge in [-0.2, -0.15) is 0 Å². The Morgan fingerprint density at radius 2 is 1.64 bits per heavy atom. The quantitative estimate of drug-likeness (QED) is 0.812. The molecule has 0 aliphatic heterocycles. The Balaban J connectivity index is 1.69. The molecule has 2 aromatic rings. The summed E-state index contributed by atoms with van der Waals surface area (Å²) in [5, 5.41) is 1.11. The molecule has 1 aliphatic rings. The summed E-state index contributed by atoms with van der Waals surface area (Å²) in [5.41, 5.74) is 8.03. The third-order valence-electron chi connectivity index (χ3n) is 5.52. The Hall–Kier alpha value is -1.61. The molecule has 0 unspecified atom stereocenters. The van der Waals surface area contributed by atoms with Crippen LogP contribution in [0.5, 0.6) is 5.75 Å². The van der Waals surface area contributed by atoms with E-state index in [0.717, 1.165) is 41.1 Å². The van der Waals surface area contributed by atoms with E-state index in [2.05, 4.69) is 32.9 Å². The highest BCUT2D eigenvalue weighted by Gasteiger charge is 2.30. The summed E-state index contributed by atoms with van der Waals surface area (Å²) in [6.07, 6.45) is 5.17. The highest BCUT2D eigenvalue weighted by molar-refractivity contribution is 5.80. The fourth-order valence-corrected chi connectivity index (χ4v) is 3.77. The number of nitrogens with two attached hydrogens (primary N) is 1. The number of ether oxygens (including phenoxy) is 1. The van der Waals surface area contributed by atoms with E-state index in [1.807, 2.05) is 32.0 Å². The van der Waals surface area contributed by atoms with Gasteiger partial charge in [-0.25, -0.2) is 0 Å². The Labute approximate surface area is 152 Å². The van der Waals surface area contributed by atoms with E-state index < -0.39 is 5.54 Å². The van der Waals surface area contributed by atoms with Gasteiger partial charge in [-0.15, -0.1) is 0 Å². The Bertz CT molecular complexity index is 732. The molecule has 1 saturated carbocycles. The minimum absolute atomic E-state index is 0.339. The highest BCUT2D eigenvalue weighted by atomic mass is 16.5. The lowest BCUT2D eigenvalue weighted by Gasteiger charge is -2.36. The topological polar surface area (TPSA) is 48.1 Å². The highest BCUT2D eigenvalue weighted by Crippen LogP contribution is 2.39. The van der Waals surface area contributed by atoms with Gasteiger partial charge in [0.25, 0.3) is 0 Å². The Kier molecular flexibility index (Phi) is 4.80. The van der Waals surface area contributed by atoms with Gasteiger partial charge in [-0.3, -0.25) is 4.98 Å². The zero-order chi connectivity index (χ0) is 18.2. The largest absolute Gasteiger partial charge is 0.490 e. The van der Waals surface area contributed by atoms with E-state index in [9.17, 15) is 0 Å². The lowest BCUT2D eigenvalue weighted by Crippen LogP contribution is -2.30. The van der Waals surface area contributed by atoms with Crippen LogP contribution in [0.1, 0.15) is 66.0 Å². The fourth-order valence-electron chi connectivity index (χ4n) is 3.77. The normalized spacial score (nSPS) is 22.2. The number of fused-ring (bicyclic) bond motifs is 1. The first kappa shape index (κ1) is 18.2. The number of rotatable bonds is 3. The average Bonchev–Trinajstić information content (AvgIpc) is 2.53. The van der Waals surface area contributed by atoms with Crippen LogP contribution in [0, 0.1) is 11.3 Å². The van der Waals surface area contributed by atoms with Crippen molar-refractivity contribution >= 4 is 10.9 Å². The molecule has 1 aliphatic carbocycles. The molecule has 25 heavy (non-hydrogen) atoms. The molecule has 0 spiro atoms.